The molecule has 1 aromatic carbocycles. The maximum absolute atomic E-state index is 13.7. The molecule has 0 aromatic heterocycles. The van der Waals surface area contributed by atoms with Gasteiger partial charge in [0, 0.05) is 43.8 Å². The van der Waals surface area contributed by atoms with Gasteiger partial charge in [0.2, 0.25) is 0 Å². The van der Waals surface area contributed by atoms with Crippen LogP contribution in [0.2, 0.25) is 0 Å². The minimum Gasteiger partial charge on any atom is -0.395 e. The van der Waals surface area contributed by atoms with Crippen LogP contribution in [0.5, 0.6) is 0 Å². The predicted octanol–water partition coefficient (Wildman–Crippen LogP) is 2.45. The lowest BCUT2D eigenvalue weighted by Crippen LogP contribution is -2.47. The molecule has 1 N–H and O–H groups in total. The molecule has 21 heavy (non-hydrogen) atoms. The van der Waals surface area contributed by atoms with Crippen molar-refractivity contribution in [3.63, 3.8) is 0 Å². The first kappa shape index (κ1) is 14.8. The first-order valence-corrected chi connectivity index (χ1v) is 7.99. The third kappa shape index (κ3) is 2.79. The molecule has 2 heterocycles. The summed E-state index contributed by atoms with van der Waals surface area (Å²) >= 11 is 0. The Balaban J connectivity index is 1.90. The summed E-state index contributed by atoms with van der Waals surface area (Å²) in [5.74, 6) is 0.824. The number of hydrogen-bond donors (Lipinski definition) is 1. The average molecular weight is 292 g/mol. The van der Waals surface area contributed by atoms with Crippen LogP contribution in [0.15, 0.2) is 18.2 Å². The fourth-order valence-electron chi connectivity index (χ4n) is 3.92. The second kappa shape index (κ2) is 5.93. The van der Waals surface area contributed by atoms with Gasteiger partial charge in [-0.3, -0.25) is 0 Å². The Kier molecular flexibility index (Phi) is 4.18. The highest BCUT2D eigenvalue weighted by molar-refractivity contribution is 5.62. The Morgan fingerprint density at radius 1 is 1.38 bits per heavy atom. The van der Waals surface area contributed by atoms with E-state index in [1.54, 1.807) is 12.1 Å². The number of hydrogen-bond acceptors (Lipinski definition) is 3. The maximum atomic E-state index is 13.7. The highest BCUT2D eigenvalue weighted by Gasteiger charge is 2.41. The summed E-state index contributed by atoms with van der Waals surface area (Å²) in [4.78, 5) is 4.79. The number of aliphatic hydroxyl groups excluding tert-OH is 1. The molecule has 0 radical (unpaired) electrons. The zero-order valence-electron chi connectivity index (χ0n) is 12.9. The highest BCUT2D eigenvalue weighted by atomic mass is 19.1. The van der Waals surface area contributed by atoms with E-state index in [1.807, 2.05) is 6.07 Å². The lowest BCUT2D eigenvalue weighted by Gasteiger charge is -2.39. The largest absolute Gasteiger partial charge is 0.395 e. The second-order valence-corrected chi connectivity index (χ2v) is 6.74. The van der Waals surface area contributed by atoms with Gasteiger partial charge in [0.1, 0.15) is 5.82 Å². The predicted molar refractivity (Wildman–Crippen MR) is 83.3 cm³/mol. The summed E-state index contributed by atoms with van der Waals surface area (Å²) in [6.45, 7) is 8.36. The van der Waals surface area contributed by atoms with Crippen molar-refractivity contribution in [2.24, 2.45) is 5.92 Å². The summed E-state index contributed by atoms with van der Waals surface area (Å²) < 4.78 is 13.7. The fourth-order valence-corrected chi connectivity index (χ4v) is 3.92. The SMILES string of the molecule is CC(C)CN1c2ccc(F)cc2[C@H]2CN(CCO)CC[C@H]21. The number of nitrogens with zero attached hydrogens (tertiary/aromatic N) is 2. The van der Waals surface area contributed by atoms with Crippen LogP contribution in [0, 0.1) is 11.7 Å². The minimum absolute atomic E-state index is 0.141. The monoisotopic (exact) mass is 292 g/mol. The number of anilines is 1. The van der Waals surface area contributed by atoms with E-state index < -0.39 is 0 Å². The Bertz CT molecular complexity index is 506. The smallest absolute Gasteiger partial charge is 0.123 e. The zero-order chi connectivity index (χ0) is 15.0. The number of β-amino-alcohol motifs (C(OH)–C–C–N with tert-alkyl or cyclic N) is 1. The van der Waals surface area contributed by atoms with E-state index in [1.165, 1.54) is 5.69 Å². The number of benzene rings is 1. The molecule has 1 fully saturated rings. The van der Waals surface area contributed by atoms with E-state index in [0.29, 0.717) is 17.9 Å². The molecule has 116 valence electrons. The minimum atomic E-state index is -0.141. The molecule has 1 saturated heterocycles. The van der Waals surface area contributed by atoms with Crippen LogP contribution in [0.4, 0.5) is 10.1 Å². The third-order valence-corrected chi connectivity index (χ3v) is 4.74. The summed E-state index contributed by atoms with van der Waals surface area (Å²) in [7, 11) is 0. The van der Waals surface area contributed by atoms with Crippen LogP contribution in [-0.4, -0.2) is 48.8 Å². The normalized spacial score (nSPS) is 25.3. The Morgan fingerprint density at radius 2 is 2.19 bits per heavy atom. The first-order valence-electron chi connectivity index (χ1n) is 7.99. The number of fused-ring (bicyclic) bond motifs is 3. The molecule has 0 unspecified atom stereocenters. The van der Waals surface area contributed by atoms with Gasteiger partial charge in [-0.25, -0.2) is 4.39 Å². The van der Waals surface area contributed by atoms with Crippen molar-refractivity contribution in [2.45, 2.75) is 32.2 Å². The van der Waals surface area contributed by atoms with Gasteiger partial charge in [0.05, 0.1) is 6.61 Å². The van der Waals surface area contributed by atoms with E-state index in [-0.39, 0.29) is 12.4 Å². The van der Waals surface area contributed by atoms with Crippen LogP contribution in [0.1, 0.15) is 31.7 Å². The Morgan fingerprint density at radius 3 is 2.90 bits per heavy atom. The second-order valence-electron chi connectivity index (χ2n) is 6.74. The number of likely N-dealkylation sites (tertiary alicyclic amines) is 1. The van der Waals surface area contributed by atoms with Gasteiger partial charge < -0.3 is 14.9 Å². The molecule has 0 aliphatic carbocycles. The van der Waals surface area contributed by atoms with Crippen LogP contribution in [-0.2, 0) is 0 Å². The highest BCUT2D eigenvalue weighted by Crippen LogP contribution is 2.45. The molecule has 0 saturated carbocycles. The molecule has 4 heteroatoms. The number of rotatable bonds is 4. The molecule has 2 aliphatic rings. The Hall–Kier alpha value is -1.13. The zero-order valence-corrected chi connectivity index (χ0v) is 12.9. The number of aliphatic hydroxyl groups is 1. The topological polar surface area (TPSA) is 26.7 Å². The molecule has 3 nitrogen and oxygen atoms in total. The molecule has 2 atom stereocenters. The molecule has 2 aliphatic heterocycles. The lowest BCUT2D eigenvalue weighted by atomic mass is 9.89. The van der Waals surface area contributed by atoms with Gasteiger partial charge in [-0.1, -0.05) is 13.8 Å². The van der Waals surface area contributed by atoms with Crippen molar-refractivity contribution in [3.05, 3.63) is 29.6 Å². The summed E-state index contributed by atoms with van der Waals surface area (Å²) in [5, 5.41) is 9.16. The van der Waals surface area contributed by atoms with Crippen molar-refractivity contribution in [2.75, 3.05) is 37.7 Å². The van der Waals surface area contributed by atoms with Crippen molar-refractivity contribution < 1.29 is 9.50 Å². The van der Waals surface area contributed by atoms with Crippen LogP contribution < -0.4 is 4.90 Å². The van der Waals surface area contributed by atoms with Gasteiger partial charge in [-0.15, -0.1) is 0 Å². The molecular formula is C17H25FN2O. The van der Waals surface area contributed by atoms with Crippen molar-refractivity contribution >= 4 is 5.69 Å². The van der Waals surface area contributed by atoms with Gasteiger partial charge in [0.15, 0.2) is 0 Å². The van der Waals surface area contributed by atoms with Crippen LogP contribution in [0.3, 0.4) is 0 Å². The molecule has 0 amide bonds. The van der Waals surface area contributed by atoms with Gasteiger partial charge in [0.25, 0.3) is 0 Å². The van der Waals surface area contributed by atoms with Crippen molar-refractivity contribution in [1.29, 1.82) is 0 Å². The quantitative estimate of drug-likeness (QED) is 0.923. The Labute approximate surface area is 126 Å². The summed E-state index contributed by atoms with van der Waals surface area (Å²) in [6.07, 6.45) is 1.09. The van der Waals surface area contributed by atoms with Crippen molar-refractivity contribution in [1.82, 2.24) is 4.90 Å². The molecule has 0 bridgehead atoms. The average Bonchev–Trinajstić information content (AvgIpc) is 2.72. The van der Waals surface area contributed by atoms with E-state index in [2.05, 4.69) is 23.6 Å². The lowest BCUT2D eigenvalue weighted by molar-refractivity contribution is 0.152. The van der Waals surface area contributed by atoms with Gasteiger partial charge >= 0.3 is 0 Å². The fraction of sp³-hybridized carbons (Fsp3) is 0.647. The van der Waals surface area contributed by atoms with E-state index in [4.69, 9.17) is 5.11 Å². The third-order valence-electron chi connectivity index (χ3n) is 4.74. The first-order chi connectivity index (χ1) is 10.1. The summed E-state index contributed by atoms with van der Waals surface area (Å²) in [6, 6.07) is 5.73. The maximum Gasteiger partial charge on any atom is 0.123 e. The van der Waals surface area contributed by atoms with Crippen LogP contribution in [0.25, 0.3) is 0 Å². The van der Waals surface area contributed by atoms with E-state index >= 15 is 0 Å². The molecule has 0 spiro atoms. The summed E-state index contributed by atoms with van der Waals surface area (Å²) in [5.41, 5.74) is 2.37. The number of halogens is 1. The van der Waals surface area contributed by atoms with Gasteiger partial charge in [-0.2, -0.15) is 0 Å². The van der Waals surface area contributed by atoms with Gasteiger partial charge in [-0.05, 0) is 36.1 Å². The molecule has 3 rings (SSSR count). The standard InChI is InChI=1S/C17H25FN2O/c1-12(2)10-20-16-4-3-13(18)9-14(16)15-11-19(7-8-21)6-5-17(15)20/h3-4,9,12,15,17,21H,5-8,10-11H2,1-2H3/t15-,17-/m1/s1. The van der Waals surface area contributed by atoms with Crippen LogP contribution >= 0.6 is 0 Å². The van der Waals surface area contributed by atoms with E-state index in [9.17, 15) is 4.39 Å². The molecular weight excluding hydrogens is 267 g/mol. The van der Waals surface area contributed by atoms with E-state index in [0.717, 1.165) is 38.2 Å². The number of piperidine rings is 1. The van der Waals surface area contributed by atoms with Crippen molar-refractivity contribution in [3.8, 4) is 0 Å². The molecule has 1 aromatic rings.